The SMILES string of the molecule is O=C(NC1CCCCC1)N1CCN(C2CCS(=O)(=O)C2)CC1. The van der Waals surface area contributed by atoms with E-state index in [1.807, 2.05) is 4.90 Å². The van der Waals surface area contributed by atoms with Crippen LogP contribution < -0.4 is 5.32 Å². The maximum atomic E-state index is 12.3. The highest BCUT2D eigenvalue weighted by atomic mass is 32.2. The van der Waals surface area contributed by atoms with Crippen LogP contribution >= 0.6 is 0 Å². The van der Waals surface area contributed by atoms with Gasteiger partial charge in [0.15, 0.2) is 9.84 Å². The van der Waals surface area contributed by atoms with Crippen molar-refractivity contribution in [1.29, 1.82) is 0 Å². The summed E-state index contributed by atoms with van der Waals surface area (Å²) in [7, 11) is -2.83. The van der Waals surface area contributed by atoms with E-state index >= 15 is 0 Å². The molecule has 0 aromatic rings. The molecule has 3 aliphatic rings. The minimum absolute atomic E-state index is 0.0607. The van der Waals surface area contributed by atoms with E-state index in [-0.39, 0.29) is 12.1 Å². The smallest absolute Gasteiger partial charge is 0.317 e. The fraction of sp³-hybridized carbons (Fsp3) is 0.933. The third-order valence-electron chi connectivity index (χ3n) is 5.26. The van der Waals surface area contributed by atoms with Gasteiger partial charge in [-0.15, -0.1) is 0 Å². The van der Waals surface area contributed by atoms with Crippen molar-refractivity contribution < 1.29 is 13.2 Å². The first-order chi connectivity index (χ1) is 10.5. The number of urea groups is 1. The molecule has 3 rings (SSSR count). The second-order valence-corrected chi connectivity index (χ2v) is 9.09. The van der Waals surface area contributed by atoms with Gasteiger partial charge in [-0.1, -0.05) is 19.3 Å². The van der Waals surface area contributed by atoms with Gasteiger partial charge in [-0.25, -0.2) is 13.2 Å². The van der Waals surface area contributed by atoms with Crippen molar-refractivity contribution >= 4 is 15.9 Å². The lowest BCUT2D eigenvalue weighted by molar-refractivity contribution is 0.113. The van der Waals surface area contributed by atoms with E-state index in [9.17, 15) is 13.2 Å². The number of amides is 2. The lowest BCUT2D eigenvalue weighted by Gasteiger charge is -2.38. The Morgan fingerprint density at radius 2 is 1.64 bits per heavy atom. The Bertz CT molecular complexity index is 494. The zero-order valence-corrected chi connectivity index (χ0v) is 14.0. The van der Waals surface area contributed by atoms with Gasteiger partial charge in [0.25, 0.3) is 0 Å². The number of hydrogen-bond acceptors (Lipinski definition) is 4. The van der Waals surface area contributed by atoms with E-state index in [0.29, 0.717) is 30.6 Å². The van der Waals surface area contributed by atoms with Gasteiger partial charge < -0.3 is 10.2 Å². The molecule has 0 radical (unpaired) electrons. The van der Waals surface area contributed by atoms with Gasteiger partial charge >= 0.3 is 6.03 Å². The quantitative estimate of drug-likeness (QED) is 0.815. The molecule has 2 saturated heterocycles. The van der Waals surface area contributed by atoms with Crippen molar-refractivity contribution in [3.05, 3.63) is 0 Å². The highest BCUT2D eigenvalue weighted by molar-refractivity contribution is 7.91. The summed E-state index contributed by atoms with van der Waals surface area (Å²) in [5.41, 5.74) is 0. The second kappa shape index (κ2) is 6.74. The van der Waals surface area contributed by atoms with Gasteiger partial charge in [0.05, 0.1) is 11.5 Å². The second-order valence-electron chi connectivity index (χ2n) is 6.86. The topological polar surface area (TPSA) is 69.7 Å². The Morgan fingerprint density at radius 3 is 2.23 bits per heavy atom. The van der Waals surface area contributed by atoms with Crippen LogP contribution in [0.3, 0.4) is 0 Å². The standard InChI is InChI=1S/C15H27N3O3S/c19-15(16-13-4-2-1-3-5-13)18-9-7-17(8-10-18)14-6-11-22(20,21)12-14/h13-14H,1-12H2,(H,16,19). The van der Waals surface area contributed by atoms with Gasteiger partial charge in [0, 0.05) is 38.3 Å². The molecule has 0 spiro atoms. The van der Waals surface area contributed by atoms with Crippen LogP contribution in [0.15, 0.2) is 0 Å². The molecule has 0 aromatic carbocycles. The fourth-order valence-electron chi connectivity index (χ4n) is 3.87. The average molecular weight is 329 g/mol. The molecule has 22 heavy (non-hydrogen) atoms. The van der Waals surface area contributed by atoms with Gasteiger partial charge in [-0.3, -0.25) is 4.90 Å². The molecule has 3 fully saturated rings. The van der Waals surface area contributed by atoms with E-state index in [2.05, 4.69) is 10.2 Å². The van der Waals surface area contributed by atoms with Gasteiger partial charge in [-0.05, 0) is 19.3 Å². The van der Waals surface area contributed by atoms with Gasteiger partial charge in [0.2, 0.25) is 0 Å². The number of hydrogen-bond donors (Lipinski definition) is 1. The molecule has 7 heteroatoms. The summed E-state index contributed by atoms with van der Waals surface area (Å²) in [6.45, 7) is 2.99. The Labute approximate surface area is 133 Å². The van der Waals surface area contributed by atoms with Crippen molar-refractivity contribution in [3.63, 3.8) is 0 Å². The number of rotatable bonds is 2. The van der Waals surface area contributed by atoms with E-state index < -0.39 is 9.84 Å². The molecular formula is C15H27N3O3S. The lowest BCUT2D eigenvalue weighted by Crippen LogP contribution is -2.55. The maximum absolute atomic E-state index is 12.3. The monoisotopic (exact) mass is 329 g/mol. The first-order valence-corrected chi connectivity index (χ1v) is 10.4. The number of nitrogens with zero attached hydrogens (tertiary/aromatic N) is 2. The molecule has 2 amide bonds. The summed E-state index contributed by atoms with van der Waals surface area (Å²) in [5.74, 6) is 0.612. The minimum Gasteiger partial charge on any atom is -0.335 e. The summed E-state index contributed by atoms with van der Waals surface area (Å²) in [5, 5.41) is 3.16. The zero-order valence-electron chi connectivity index (χ0n) is 13.2. The largest absolute Gasteiger partial charge is 0.335 e. The predicted molar refractivity (Wildman–Crippen MR) is 85.6 cm³/mol. The minimum atomic E-state index is -2.83. The van der Waals surface area contributed by atoms with Crippen molar-refractivity contribution in [2.45, 2.75) is 50.6 Å². The van der Waals surface area contributed by atoms with Crippen LogP contribution in [0.1, 0.15) is 38.5 Å². The molecule has 1 unspecified atom stereocenters. The molecule has 1 saturated carbocycles. The number of piperazine rings is 1. The van der Waals surface area contributed by atoms with Crippen LogP contribution in [-0.4, -0.2) is 74.0 Å². The van der Waals surface area contributed by atoms with Crippen molar-refractivity contribution in [3.8, 4) is 0 Å². The highest BCUT2D eigenvalue weighted by Gasteiger charge is 2.34. The van der Waals surface area contributed by atoms with Crippen LogP contribution in [0.4, 0.5) is 4.79 Å². The first-order valence-electron chi connectivity index (χ1n) is 8.53. The summed E-state index contributed by atoms with van der Waals surface area (Å²) < 4.78 is 23.2. The van der Waals surface area contributed by atoms with Gasteiger partial charge in [-0.2, -0.15) is 0 Å². The van der Waals surface area contributed by atoms with E-state index in [0.717, 1.165) is 32.4 Å². The fourth-order valence-corrected chi connectivity index (χ4v) is 5.63. The van der Waals surface area contributed by atoms with Crippen molar-refractivity contribution in [2.24, 2.45) is 0 Å². The molecule has 1 N–H and O–H groups in total. The summed E-state index contributed by atoms with van der Waals surface area (Å²) in [6, 6.07) is 0.568. The van der Waals surface area contributed by atoms with Gasteiger partial charge in [0.1, 0.15) is 0 Å². The average Bonchev–Trinajstić information content (AvgIpc) is 2.88. The summed E-state index contributed by atoms with van der Waals surface area (Å²) >= 11 is 0. The number of nitrogens with one attached hydrogen (secondary N) is 1. The summed E-state index contributed by atoms with van der Waals surface area (Å²) in [6.07, 6.45) is 6.67. The van der Waals surface area contributed by atoms with E-state index in [4.69, 9.17) is 0 Å². The normalized spacial score (nSPS) is 30.4. The maximum Gasteiger partial charge on any atom is 0.317 e. The van der Waals surface area contributed by atoms with Crippen LogP contribution in [0.5, 0.6) is 0 Å². The molecule has 0 bridgehead atoms. The molecule has 0 aromatic heterocycles. The highest BCUT2D eigenvalue weighted by Crippen LogP contribution is 2.20. The van der Waals surface area contributed by atoms with Crippen LogP contribution in [-0.2, 0) is 9.84 Å². The van der Waals surface area contributed by atoms with E-state index in [1.54, 1.807) is 0 Å². The third kappa shape index (κ3) is 3.93. The lowest BCUT2D eigenvalue weighted by atomic mass is 9.96. The molecular weight excluding hydrogens is 302 g/mol. The van der Waals surface area contributed by atoms with Crippen LogP contribution in [0, 0.1) is 0 Å². The molecule has 2 aliphatic heterocycles. The number of carbonyl (C=O) groups is 1. The van der Waals surface area contributed by atoms with Crippen molar-refractivity contribution in [2.75, 3.05) is 37.7 Å². The first kappa shape index (κ1) is 16.1. The molecule has 1 atom stereocenters. The van der Waals surface area contributed by atoms with E-state index in [1.165, 1.54) is 19.3 Å². The Kier molecular flexibility index (Phi) is 4.92. The Balaban J connectivity index is 1.44. The van der Waals surface area contributed by atoms with Crippen LogP contribution in [0.2, 0.25) is 0 Å². The molecule has 6 nitrogen and oxygen atoms in total. The Morgan fingerprint density at radius 1 is 0.955 bits per heavy atom. The molecule has 126 valence electrons. The molecule has 1 aliphatic carbocycles. The summed E-state index contributed by atoms with van der Waals surface area (Å²) in [4.78, 5) is 16.4. The number of carbonyl (C=O) groups excluding carboxylic acids is 1. The zero-order chi connectivity index (χ0) is 15.6. The molecule has 2 heterocycles. The number of sulfone groups is 1. The van der Waals surface area contributed by atoms with Crippen LogP contribution in [0.25, 0.3) is 0 Å². The predicted octanol–water partition coefficient (Wildman–Crippen LogP) is 0.833. The third-order valence-corrected chi connectivity index (χ3v) is 7.01. The van der Waals surface area contributed by atoms with Crippen molar-refractivity contribution in [1.82, 2.24) is 15.1 Å². The Hall–Kier alpha value is -0.820.